The van der Waals surface area contributed by atoms with Crippen molar-refractivity contribution in [3.8, 4) is 0 Å². The summed E-state index contributed by atoms with van der Waals surface area (Å²) in [6.45, 7) is 5.89. The Hall–Kier alpha value is -1.48. The molecule has 1 rings (SSSR count). The summed E-state index contributed by atoms with van der Waals surface area (Å²) in [5.41, 5.74) is 17.0. The standard InChI is InChI=1S/C21H39N5O2S/c1-15(2)14-19(26-20(27)18(24)7-3-4-11-22)21(28)25-13-10-17-9-8-16(29-17)6-5-12-23/h8-9,15,18-19H,3-7,10-14,22-24H2,1-2H3,(H,25,28)(H,26,27)/t18-,19-/m0/s1. The van der Waals surface area contributed by atoms with Crippen LogP contribution in [0.15, 0.2) is 12.1 Å². The van der Waals surface area contributed by atoms with Gasteiger partial charge >= 0.3 is 0 Å². The number of thiophene rings is 1. The van der Waals surface area contributed by atoms with Crippen molar-refractivity contribution in [2.75, 3.05) is 19.6 Å². The Kier molecular flexibility index (Phi) is 12.8. The van der Waals surface area contributed by atoms with E-state index in [1.54, 1.807) is 11.3 Å². The van der Waals surface area contributed by atoms with Crippen LogP contribution < -0.4 is 27.8 Å². The lowest BCUT2D eigenvalue weighted by Crippen LogP contribution is -2.52. The molecule has 0 radical (unpaired) electrons. The van der Waals surface area contributed by atoms with E-state index in [9.17, 15) is 9.59 Å². The van der Waals surface area contributed by atoms with Crippen LogP contribution in [0.4, 0.5) is 0 Å². The lowest BCUT2D eigenvalue weighted by atomic mass is 10.0. The molecule has 0 fully saturated rings. The summed E-state index contributed by atoms with van der Waals surface area (Å²) >= 11 is 1.77. The van der Waals surface area contributed by atoms with Gasteiger partial charge in [0.15, 0.2) is 0 Å². The van der Waals surface area contributed by atoms with Gasteiger partial charge in [-0.1, -0.05) is 20.3 Å². The third-order valence-electron chi connectivity index (χ3n) is 4.66. The molecule has 29 heavy (non-hydrogen) atoms. The van der Waals surface area contributed by atoms with E-state index in [0.29, 0.717) is 32.5 Å². The number of nitrogens with one attached hydrogen (secondary N) is 2. The number of amides is 2. The normalized spacial score (nSPS) is 13.3. The molecule has 0 aliphatic carbocycles. The molecular weight excluding hydrogens is 386 g/mol. The van der Waals surface area contributed by atoms with Crippen molar-refractivity contribution in [3.63, 3.8) is 0 Å². The molecule has 8 heteroatoms. The topological polar surface area (TPSA) is 136 Å². The highest BCUT2D eigenvalue weighted by molar-refractivity contribution is 7.11. The summed E-state index contributed by atoms with van der Waals surface area (Å²) in [4.78, 5) is 27.6. The fourth-order valence-corrected chi connectivity index (χ4v) is 4.08. The van der Waals surface area contributed by atoms with E-state index in [0.717, 1.165) is 32.1 Å². The maximum Gasteiger partial charge on any atom is 0.242 e. The summed E-state index contributed by atoms with van der Waals surface area (Å²) in [5.74, 6) is -0.145. The lowest BCUT2D eigenvalue weighted by Gasteiger charge is -2.22. The Bertz CT molecular complexity index is 606. The number of carbonyl (C=O) groups is 2. The first-order valence-corrected chi connectivity index (χ1v) is 11.5. The van der Waals surface area contributed by atoms with E-state index in [-0.39, 0.29) is 17.7 Å². The van der Waals surface area contributed by atoms with Gasteiger partial charge in [0, 0.05) is 16.3 Å². The number of carbonyl (C=O) groups excluding carboxylic acids is 2. The van der Waals surface area contributed by atoms with E-state index >= 15 is 0 Å². The molecule has 7 nitrogen and oxygen atoms in total. The maximum atomic E-state index is 12.6. The maximum absolute atomic E-state index is 12.6. The van der Waals surface area contributed by atoms with Crippen LogP contribution in [0, 0.1) is 5.92 Å². The number of hydrogen-bond acceptors (Lipinski definition) is 6. The average Bonchev–Trinajstić information content (AvgIpc) is 3.13. The molecular formula is C21H39N5O2S. The number of hydrogen-bond donors (Lipinski definition) is 5. The van der Waals surface area contributed by atoms with E-state index in [4.69, 9.17) is 17.2 Å². The van der Waals surface area contributed by atoms with Crippen LogP contribution in [0.1, 0.15) is 55.7 Å². The highest BCUT2D eigenvalue weighted by Crippen LogP contribution is 2.18. The minimum atomic E-state index is -0.609. The van der Waals surface area contributed by atoms with Gasteiger partial charge in [-0.3, -0.25) is 9.59 Å². The van der Waals surface area contributed by atoms with Crippen LogP contribution in [0.25, 0.3) is 0 Å². The molecule has 2 atom stereocenters. The second-order valence-electron chi connectivity index (χ2n) is 7.88. The van der Waals surface area contributed by atoms with Crippen molar-refractivity contribution in [1.29, 1.82) is 0 Å². The number of unbranched alkanes of at least 4 members (excludes halogenated alkanes) is 1. The number of nitrogens with two attached hydrogens (primary N) is 3. The Balaban J connectivity index is 2.49. The minimum absolute atomic E-state index is 0.152. The molecule has 0 unspecified atom stereocenters. The summed E-state index contributed by atoms with van der Waals surface area (Å²) in [5, 5.41) is 5.80. The van der Waals surface area contributed by atoms with Crippen LogP contribution in [0.2, 0.25) is 0 Å². The predicted molar refractivity (Wildman–Crippen MR) is 121 cm³/mol. The Morgan fingerprint density at radius 1 is 1.00 bits per heavy atom. The first-order chi connectivity index (χ1) is 13.9. The summed E-state index contributed by atoms with van der Waals surface area (Å²) in [6, 6.07) is 3.07. The molecule has 0 aromatic carbocycles. The SMILES string of the molecule is CC(C)C[C@H](NC(=O)[C@@H](N)CCCCN)C(=O)NCCc1ccc(CCCN)s1. The molecule has 166 valence electrons. The van der Waals surface area contributed by atoms with Crippen molar-refractivity contribution in [2.24, 2.45) is 23.1 Å². The predicted octanol–water partition coefficient (Wildman–Crippen LogP) is 1.29. The highest BCUT2D eigenvalue weighted by atomic mass is 32.1. The van der Waals surface area contributed by atoms with Gasteiger partial charge in [0.25, 0.3) is 0 Å². The molecule has 1 aromatic rings. The van der Waals surface area contributed by atoms with Crippen LogP contribution in [-0.2, 0) is 22.4 Å². The quantitative estimate of drug-likeness (QED) is 0.270. The largest absolute Gasteiger partial charge is 0.354 e. The molecule has 2 amide bonds. The zero-order valence-electron chi connectivity index (χ0n) is 17.9. The third-order valence-corrected chi connectivity index (χ3v) is 5.87. The smallest absolute Gasteiger partial charge is 0.242 e. The minimum Gasteiger partial charge on any atom is -0.354 e. The molecule has 0 bridgehead atoms. The van der Waals surface area contributed by atoms with Crippen molar-refractivity contribution in [2.45, 2.75) is 70.9 Å². The van der Waals surface area contributed by atoms with Crippen LogP contribution >= 0.6 is 11.3 Å². The highest BCUT2D eigenvalue weighted by Gasteiger charge is 2.24. The Morgan fingerprint density at radius 2 is 1.66 bits per heavy atom. The van der Waals surface area contributed by atoms with Crippen LogP contribution in [0.5, 0.6) is 0 Å². The molecule has 8 N–H and O–H groups in total. The summed E-state index contributed by atoms with van der Waals surface area (Å²) in [7, 11) is 0. The van der Waals surface area contributed by atoms with Gasteiger partial charge in [0.2, 0.25) is 11.8 Å². The monoisotopic (exact) mass is 425 g/mol. The fourth-order valence-electron chi connectivity index (χ4n) is 3.02. The van der Waals surface area contributed by atoms with E-state index in [1.807, 2.05) is 13.8 Å². The van der Waals surface area contributed by atoms with Gasteiger partial charge in [0.1, 0.15) is 6.04 Å². The fraction of sp³-hybridized carbons (Fsp3) is 0.714. The molecule has 1 aromatic heterocycles. The summed E-state index contributed by atoms with van der Waals surface area (Å²) < 4.78 is 0. The molecule has 0 saturated carbocycles. The summed E-state index contributed by atoms with van der Waals surface area (Å²) in [6.07, 6.45) is 5.57. The first kappa shape index (κ1) is 25.6. The van der Waals surface area contributed by atoms with Gasteiger partial charge in [-0.05, 0) is 69.7 Å². The first-order valence-electron chi connectivity index (χ1n) is 10.7. The Labute approximate surface area is 179 Å². The van der Waals surface area contributed by atoms with Crippen molar-refractivity contribution >= 4 is 23.2 Å². The molecule has 0 aliphatic rings. The molecule has 0 saturated heterocycles. The molecule has 0 aliphatic heterocycles. The zero-order chi connectivity index (χ0) is 21.6. The second kappa shape index (κ2) is 14.5. The van der Waals surface area contributed by atoms with Gasteiger partial charge in [-0.2, -0.15) is 0 Å². The van der Waals surface area contributed by atoms with E-state index < -0.39 is 12.1 Å². The van der Waals surface area contributed by atoms with Crippen LogP contribution in [0.3, 0.4) is 0 Å². The van der Waals surface area contributed by atoms with Gasteiger partial charge in [-0.15, -0.1) is 11.3 Å². The van der Waals surface area contributed by atoms with Gasteiger partial charge < -0.3 is 27.8 Å². The molecule has 1 heterocycles. The van der Waals surface area contributed by atoms with Crippen molar-refractivity contribution in [1.82, 2.24) is 10.6 Å². The Morgan fingerprint density at radius 3 is 2.28 bits per heavy atom. The number of aryl methyl sites for hydroxylation is 1. The third kappa shape index (κ3) is 10.7. The van der Waals surface area contributed by atoms with Crippen molar-refractivity contribution < 1.29 is 9.59 Å². The second-order valence-corrected chi connectivity index (χ2v) is 9.14. The van der Waals surface area contributed by atoms with E-state index in [2.05, 4.69) is 22.8 Å². The van der Waals surface area contributed by atoms with Crippen molar-refractivity contribution in [3.05, 3.63) is 21.9 Å². The van der Waals surface area contributed by atoms with Gasteiger partial charge in [-0.25, -0.2) is 0 Å². The molecule has 0 spiro atoms. The van der Waals surface area contributed by atoms with E-state index in [1.165, 1.54) is 9.75 Å². The van der Waals surface area contributed by atoms with Crippen LogP contribution in [-0.4, -0.2) is 43.5 Å². The van der Waals surface area contributed by atoms with Gasteiger partial charge in [0.05, 0.1) is 6.04 Å². The zero-order valence-corrected chi connectivity index (χ0v) is 18.7. The average molecular weight is 426 g/mol. The number of rotatable bonds is 15. The lowest BCUT2D eigenvalue weighted by molar-refractivity contribution is -0.130.